The fraction of sp³-hybridized carbons (Fsp3) is 0.500. The molecular formula is C24H32Cl2N2O. The monoisotopic (exact) mass is 434 g/mol. The lowest BCUT2D eigenvalue weighted by atomic mass is 9.89. The lowest BCUT2D eigenvalue weighted by Crippen LogP contribution is -2.34. The van der Waals surface area contributed by atoms with E-state index in [0.29, 0.717) is 5.92 Å². The molecule has 5 heteroatoms. The summed E-state index contributed by atoms with van der Waals surface area (Å²) in [4.78, 5) is 2.58. The highest BCUT2D eigenvalue weighted by Crippen LogP contribution is 2.29. The van der Waals surface area contributed by atoms with E-state index in [1.165, 1.54) is 42.6 Å². The number of hydrogen-bond donors (Lipinski definition) is 1. The van der Waals surface area contributed by atoms with E-state index in [2.05, 4.69) is 40.5 Å². The van der Waals surface area contributed by atoms with Crippen molar-refractivity contribution in [1.29, 1.82) is 0 Å². The number of ether oxygens (including phenoxy) is 1. The standard InChI is InChI=1S/C24H31ClN2O.ClH/c25-23-5-2-19(3-6-23)21-10-15-27(16-11-21)14-1-17-28-24-7-4-20-8-12-26-13-9-22(20)18-24;/h2-7,18,21,26H,1,8-17H2;1H. The van der Waals surface area contributed by atoms with E-state index in [4.69, 9.17) is 16.3 Å². The van der Waals surface area contributed by atoms with Gasteiger partial charge in [-0.3, -0.25) is 0 Å². The molecular weight excluding hydrogens is 403 g/mol. The topological polar surface area (TPSA) is 24.5 Å². The van der Waals surface area contributed by atoms with E-state index < -0.39 is 0 Å². The number of hydrogen-bond acceptors (Lipinski definition) is 3. The summed E-state index contributed by atoms with van der Waals surface area (Å²) >= 11 is 6.01. The molecule has 3 nitrogen and oxygen atoms in total. The molecule has 0 aromatic heterocycles. The molecule has 4 rings (SSSR count). The third-order valence-electron chi connectivity index (χ3n) is 6.14. The van der Waals surface area contributed by atoms with Crippen LogP contribution in [0.3, 0.4) is 0 Å². The number of likely N-dealkylation sites (tertiary alicyclic amines) is 1. The van der Waals surface area contributed by atoms with Gasteiger partial charge in [0.25, 0.3) is 0 Å². The van der Waals surface area contributed by atoms with Crippen molar-refractivity contribution in [3.05, 3.63) is 64.2 Å². The molecule has 0 spiro atoms. The summed E-state index contributed by atoms with van der Waals surface area (Å²) in [6.07, 6.45) is 5.80. The first-order valence-corrected chi connectivity index (χ1v) is 11.1. The molecule has 2 aliphatic heterocycles. The first-order valence-electron chi connectivity index (χ1n) is 10.7. The average molecular weight is 435 g/mol. The summed E-state index contributed by atoms with van der Waals surface area (Å²) in [6, 6.07) is 15.0. The molecule has 2 aliphatic rings. The second kappa shape index (κ2) is 11.2. The van der Waals surface area contributed by atoms with Gasteiger partial charge in [0.15, 0.2) is 0 Å². The second-order valence-corrected chi connectivity index (χ2v) is 8.49. The minimum Gasteiger partial charge on any atom is -0.494 e. The molecule has 0 amide bonds. The molecule has 1 saturated heterocycles. The van der Waals surface area contributed by atoms with Gasteiger partial charge in [-0.05, 0) is 105 Å². The van der Waals surface area contributed by atoms with Crippen LogP contribution in [0.2, 0.25) is 5.02 Å². The summed E-state index contributed by atoms with van der Waals surface area (Å²) in [5, 5.41) is 4.29. The van der Waals surface area contributed by atoms with Crippen LogP contribution in [0.5, 0.6) is 5.75 Å². The molecule has 29 heavy (non-hydrogen) atoms. The van der Waals surface area contributed by atoms with Crippen molar-refractivity contribution in [1.82, 2.24) is 10.2 Å². The Morgan fingerprint density at radius 1 is 0.966 bits per heavy atom. The predicted molar refractivity (Wildman–Crippen MR) is 124 cm³/mol. The number of fused-ring (bicyclic) bond motifs is 1. The SMILES string of the molecule is Cl.Clc1ccc(C2CCN(CCCOc3ccc4c(c3)CCNCC4)CC2)cc1. The predicted octanol–water partition coefficient (Wildman–Crippen LogP) is 5.10. The number of nitrogens with one attached hydrogen (secondary N) is 1. The van der Waals surface area contributed by atoms with Crippen LogP contribution in [0, 0.1) is 0 Å². The Hall–Kier alpha value is -1.26. The number of piperidine rings is 1. The van der Waals surface area contributed by atoms with Crippen molar-refractivity contribution in [2.75, 3.05) is 39.3 Å². The van der Waals surface area contributed by atoms with E-state index in [1.807, 2.05) is 12.1 Å². The van der Waals surface area contributed by atoms with Gasteiger partial charge in [0.05, 0.1) is 6.61 Å². The van der Waals surface area contributed by atoms with E-state index in [0.717, 1.165) is 56.3 Å². The summed E-state index contributed by atoms with van der Waals surface area (Å²) in [7, 11) is 0. The van der Waals surface area contributed by atoms with Gasteiger partial charge >= 0.3 is 0 Å². The Bertz CT molecular complexity index is 758. The maximum atomic E-state index is 6.05. The quantitative estimate of drug-likeness (QED) is 0.639. The molecule has 2 heterocycles. The Kier molecular flexibility index (Phi) is 8.68. The lowest BCUT2D eigenvalue weighted by molar-refractivity contribution is 0.193. The molecule has 1 N–H and O–H groups in total. The van der Waals surface area contributed by atoms with Crippen molar-refractivity contribution < 1.29 is 4.74 Å². The van der Waals surface area contributed by atoms with Crippen LogP contribution in [0.1, 0.15) is 41.9 Å². The van der Waals surface area contributed by atoms with E-state index in [9.17, 15) is 0 Å². The first-order chi connectivity index (χ1) is 13.8. The maximum absolute atomic E-state index is 6.05. The molecule has 0 unspecified atom stereocenters. The number of nitrogens with zero attached hydrogens (tertiary/aromatic N) is 1. The van der Waals surface area contributed by atoms with Crippen LogP contribution in [0.15, 0.2) is 42.5 Å². The molecule has 158 valence electrons. The zero-order valence-electron chi connectivity index (χ0n) is 17.0. The van der Waals surface area contributed by atoms with Crippen molar-refractivity contribution in [2.45, 2.75) is 38.0 Å². The van der Waals surface area contributed by atoms with E-state index in [1.54, 1.807) is 0 Å². The van der Waals surface area contributed by atoms with Gasteiger partial charge in [0, 0.05) is 11.6 Å². The van der Waals surface area contributed by atoms with Crippen molar-refractivity contribution in [3.8, 4) is 5.75 Å². The zero-order chi connectivity index (χ0) is 19.2. The van der Waals surface area contributed by atoms with Crippen molar-refractivity contribution in [2.24, 2.45) is 0 Å². The summed E-state index contributed by atoms with van der Waals surface area (Å²) in [5.74, 6) is 1.71. The third-order valence-corrected chi connectivity index (χ3v) is 6.39. The van der Waals surface area contributed by atoms with Crippen LogP contribution >= 0.6 is 24.0 Å². The largest absolute Gasteiger partial charge is 0.494 e. The minimum atomic E-state index is 0. The van der Waals surface area contributed by atoms with Gasteiger partial charge in [0.1, 0.15) is 5.75 Å². The summed E-state index contributed by atoms with van der Waals surface area (Å²) in [5.41, 5.74) is 4.36. The number of rotatable bonds is 6. The molecule has 0 atom stereocenters. The molecule has 0 bridgehead atoms. The van der Waals surface area contributed by atoms with Gasteiger partial charge in [-0.15, -0.1) is 12.4 Å². The Labute approximate surface area is 186 Å². The zero-order valence-corrected chi connectivity index (χ0v) is 18.6. The van der Waals surface area contributed by atoms with Gasteiger partial charge in [-0.1, -0.05) is 29.8 Å². The van der Waals surface area contributed by atoms with Crippen LogP contribution in [-0.4, -0.2) is 44.2 Å². The van der Waals surface area contributed by atoms with Gasteiger partial charge in [-0.2, -0.15) is 0 Å². The van der Waals surface area contributed by atoms with Crippen molar-refractivity contribution in [3.63, 3.8) is 0 Å². The average Bonchev–Trinajstić information content (AvgIpc) is 2.97. The highest BCUT2D eigenvalue weighted by molar-refractivity contribution is 6.30. The molecule has 2 aromatic rings. The summed E-state index contributed by atoms with van der Waals surface area (Å²) in [6.45, 7) is 6.44. The van der Waals surface area contributed by atoms with Gasteiger partial charge in [0.2, 0.25) is 0 Å². The van der Waals surface area contributed by atoms with Crippen LogP contribution in [0.4, 0.5) is 0 Å². The van der Waals surface area contributed by atoms with E-state index >= 15 is 0 Å². The van der Waals surface area contributed by atoms with Gasteiger partial charge < -0.3 is 15.0 Å². The number of benzene rings is 2. The lowest BCUT2D eigenvalue weighted by Gasteiger charge is -2.32. The Balaban J connectivity index is 0.00000240. The van der Waals surface area contributed by atoms with Crippen LogP contribution in [0.25, 0.3) is 0 Å². The second-order valence-electron chi connectivity index (χ2n) is 8.05. The molecule has 2 aromatic carbocycles. The highest BCUT2D eigenvalue weighted by atomic mass is 35.5. The van der Waals surface area contributed by atoms with Crippen LogP contribution < -0.4 is 10.1 Å². The summed E-state index contributed by atoms with van der Waals surface area (Å²) < 4.78 is 6.05. The van der Waals surface area contributed by atoms with Gasteiger partial charge in [-0.25, -0.2) is 0 Å². The fourth-order valence-electron chi connectivity index (χ4n) is 4.44. The van der Waals surface area contributed by atoms with Crippen molar-refractivity contribution >= 4 is 24.0 Å². The van der Waals surface area contributed by atoms with E-state index in [-0.39, 0.29) is 12.4 Å². The maximum Gasteiger partial charge on any atom is 0.119 e. The molecule has 0 saturated carbocycles. The number of halogens is 2. The normalized spacial score (nSPS) is 17.8. The Morgan fingerprint density at radius 3 is 2.45 bits per heavy atom. The Morgan fingerprint density at radius 2 is 1.69 bits per heavy atom. The first kappa shape index (κ1) is 22.4. The van der Waals surface area contributed by atoms with Crippen LogP contribution in [-0.2, 0) is 12.8 Å². The third kappa shape index (κ3) is 6.36. The minimum absolute atomic E-state index is 0. The molecule has 0 radical (unpaired) electrons. The fourth-order valence-corrected chi connectivity index (χ4v) is 4.57. The molecule has 1 fully saturated rings. The molecule has 0 aliphatic carbocycles. The highest BCUT2D eigenvalue weighted by Gasteiger charge is 2.20. The smallest absolute Gasteiger partial charge is 0.119 e.